The van der Waals surface area contributed by atoms with E-state index in [-0.39, 0.29) is 11.4 Å². The Hall–Kier alpha value is -1.07. The Balaban J connectivity index is 1.76. The summed E-state index contributed by atoms with van der Waals surface area (Å²) in [6, 6.07) is 0. The Kier molecular flexibility index (Phi) is 4.46. The number of hydrogen-bond acceptors (Lipinski definition) is 3. The van der Waals surface area contributed by atoms with Crippen LogP contribution < -0.4 is 0 Å². The zero-order chi connectivity index (χ0) is 15.7. The summed E-state index contributed by atoms with van der Waals surface area (Å²) in [5, 5.41) is 4.94. The molecule has 0 aromatic carbocycles. The van der Waals surface area contributed by atoms with Gasteiger partial charge in [-0.05, 0) is 12.8 Å². The molecule has 1 aliphatic heterocycles. The van der Waals surface area contributed by atoms with Gasteiger partial charge >= 0.3 is 0 Å². The van der Waals surface area contributed by atoms with Crippen LogP contribution in [0.25, 0.3) is 0 Å². The van der Waals surface area contributed by atoms with E-state index in [1.807, 2.05) is 13.2 Å². The number of aryl methyl sites for hydroxylation is 1. The van der Waals surface area contributed by atoms with Gasteiger partial charge in [0.15, 0.2) is 0 Å². The van der Waals surface area contributed by atoms with E-state index >= 15 is 0 Å². The van der Waals surface area contributed by atoms with Gasteiger partial charge in [0.2, 0.25) is 5.91 Å². The topological polar surface area (TPSA) is 41.4 Å². The quantitative estimate of drug-likeness (QED) is 0.839. The van der Waals surface area contributed by atoms with Crippen LogP contribution in [0.5, 0.6) is 0 Å². The average Bonchev–Trinajstić information content (AvgIpc) is 2.80. The number of carbonyl (C=O) groups is 1. The summed E-state index contributed by atoms with van der Waals surface area (Å²) in [6.45, 7) is 5.22. The van der Waals surface area contributed by atoms with Gasteiger partial charge in [0, 0.05) is 45.7 Å². The molecule has 3 rings (SSSR count). The minimum absolute atomic E-state index is 0.0387. The highest BCUT2D eigenvalue weighted by Gasteiger charge is 2.43. The minimum Gasteiger partial charge on any atom is -0.335 e. The lowest BCUT2D eigenvalue weighted by Gasteiger charge is -2.52. The van der Waals surface area contributed by atoms with Crippen molar-refractivity contribution in [1.82, 2.24) is 19.6 Å². The Morgan fingerprint density at radius 1 is 1.32 bits per heavy atom. The van der Waals surface area contributed by atoms with E-state index in [2.05, 4.69) is 14.9 Å². The molecule has 1 aromatic rings. The van der Waals surface area contributed by atoms with Crippen LogP contribution in [0.3, 0.4) is 0 Å². The zero-order valence-corrected chi connectivity index (χ0v) is 14.3. The van der Waals surface area contributed by atoms with Gasteiger partial charge in [-0.25, -0.2) is 0 Å². The lowest BCUT2D eigenvalue weighted by atomic mass is 9.78. The molecule has 0 bridgehead atoms. The summed E-state index contributed by atoms with van der Waals surface area (Å²) < 4.78 is 1.71. The molecule has 0 N–H and O–H groups in total. The number of aromatic nitrogens is 2. The number of carbonyl (C=O) groups excluding carboxylic acids is 1. The molecule has 1 amide bonds. The predicted octanol–water partition coefficient (Wildman–Crippen LogP) is 2.44. The maximum atomic E-state index is 12.1. The molecule has 1 saturated carbocycles. The summed E-state index contributed by atoms with van der Waals surface area (Å²) in [4.78, 5) is 16.6. The number of rotatable bonds is 2. The van der Waals surface area contributed by atoms with Gasteiger partial charge < -0.3 is 4.90 Å². The standard InChI is InChI=1S/C16H25ClN4O/c1-13(22)21-9-8-20(11-14-10-18-19(2)15(14)17)12-16(21)6-4-3-5-7-16/h10H,3-9,11-12H2,1-2H3. The highest BCUT2D eigenvalue weighted by Crippen LogP contribution is 2.37. The molecule has 5 nitrogen and oxygen atoms in total. The molecule has 1 aliphatic carbocycles. The maximum Gasteiger partial charge on any atom is 0.219 e. The Bertz CT molecular complexity index is 550. The summed E-state index contributed by atoms with van der Waals surface area (Å²) >= 11 is 6.29. The molecule has 0 unspecified atom stereocenters. The van der Waals surface area contributed by atoms with Crippen LogP contribution in [-0.2, 0) is 18.4 Å². The van der Waals surface area contributed by atoms with E-state index in [4.69, 9.17) is 11.6 Å². The van der Waals surface area contributed by atoms with Crippen LogP contribution in [0.15, 0.2) is 6.20 Å². The van der Waals surface area contributed by atoms with Crippen molar-refractivity contribution in [3.63, 3.8) is 0 Å². The van der Waals surface area contributed by atoms with Crippen LogP contribution in [0.2, 0.25) is 5.15 Å². The fourth-order valence-electron chi connectivity index (χ4n) is 4.14. The Morgan fingerprint density at radius 2 is 2.05 bits per heavy atom. The largest absolute Gasteiger partial charge is 0.335 e. The number of hydrogen-bond donors (Lipinski definition) is 0. The lowest BCUT2D eigenvalue weighted by Crippen LogP contribution is -2.63. The second-order valence-corrected chi connectivity index (χ2v) is 7.11. The number of halogens is 1. The molecular weight excluding hydrogens is 300 g/mol. The van der Waals surface area contributed by atoms with Crippen LogP contribution in [0.4, 0.5) is 0 Å². The van der Waals surface area contributed by atoms with E-state index in [9.17, 15) is 4.79 Å². The number of amides is 1. The highest BCUT2D eigenvalue weighted by atomic mass is 35.5. The first-order valence-electron chi connectivity index (χ1n) is 8.19. The van der Waals surface area contributed by atoms with Crippen molar-refractivity contribution >= 4 is 17.5 Å². The predicted molar refractivity (Wildman–Crippen MR) is 86.7 cm³/mol. The molecule has 2 aliphatic rings. The zero-order valence-electron chi connectivity index (χ0n) is 13.5. The van der Waals surface area contributed by atoms with Crippen LogP contribution in [0.1, 0.15) is 44.6 Å². The van der Waals surface area contributed by atoms with Gasteiger partial charge in [-0.15, -0.1) is 0 Å². The minimum atomic E-state index is 0.0387. The summed E-state index contributed by atoms with van der Waals surface area (Å²) in [5.74, 6) is 0.223. The Morgan fingerprint density at radius 3 is 2.64 bits per heavy atom. The van der Waals surface area contributed by atoms with Crippen molar-refractivity contribution < 1.29 is 4.79 Å². The summed E-state index contributed by atoms with van der Waals surface area (Å²) in [5.41, 5.74) is 1.11. The maximum absolute atomic E-state index is 12.1. The van der Waals surface area contributed by atoms with E-state index in [0.717, 1.165) is 44.6 Å². The average molecular weight is 325 g/mol. The van der Waals surface area contributed by atoms with Crippen molar-refractivity contribution in [2.24, 2.45) is 7.05 Å². The first-order valence-corrected chi connectivity index (χ1v) is 8.57. The lowest BCUT2D eigenvalue weighted by molar-refractivity contribution is -0.142. The number of piperazine rings is 1. The molecule has 1 spiro atoms. The van der Waals surface area contributed by atoms with Gasteiger partial charge in [0.05, 0.1) is 11.7 Å². The fraction of sp³-hybridized carbons (Fsp3) is 0.750. The first-order chi connectivity index (χ1) is 10.5. The second-order valence-electron chi connectivity index (χ2n) is 6.75. The molecule has 22 heavy (non-hydrogen) atoms. The van der Waals surface area contributed by atoms with Gasteiger partial charge in [-0.3, -0.25) is 14.4 Å². The third kappa shape index (κ3) is 2.88. The van der Waals surface area contributed by atoms with Gasteiger partial charge in [-0.2, -0.15) is 5.10 Å². The molecule has 0 atom stereocenters. The molecule has 6 heteroatoms. The van der Waals surface area contributed by atoms with E-state index in [0.29, 0.717) is 5.15 Å². The summed E-state index contributed by atoms with van der Waals surface area (Å²) in [7, 11) is 1.86. The second kappa shape index (κ2) is 6.20. The van der Waals surface area contributed by atoms with Gasteiger partial charge in [-0.1, -0.05) is 30.9 Å². The van der Waals surface area contributed by atoms with Crippen molar-refractivity contribution in [3.8, 4) is 0 Å². The molecule has 1 aromatic heterocycles. The van der Waals surface area contributed by atoms with Crippen LogP contribution in [-0.4, -0.2) is 50.7 Å². The fourth-order valence-corrected chi connectivity index (χ4v) is 4.29. The van der Waals surface area contributed by atoms with Crippen molar-refractivity contribution in [2.75, 3.05) is 19.6 Å². The third-order valence-corrected chi connectivity index (χ3v) is 5.71. The molecule has 1 saturated heterocycles. The highest BCUT2D eigenvalue weighted by molar-refractivity contribution is 6.30. The van der Waals surface area contributed by atoms with E-state index in [1.165, 1.54) is 19.3 Å². The molecule has 2 fully saturated rings. The van der Waals surface area contributed by atoms with Crippen LogP contribution in [0, 0.1) is 0 Å². The SMILES string of the molecule is CC(=O)N1CCN(Cc2cnn(C)c2Cl)CC12CCCCC2. The normalized spacial score (nSPS) is 22.2. The monoisotopic (exact) mass is 324 g/mol. The molecule has 2 heterocycles. The van der Waals surface area contributed by atoms with Crippen LogP contribution >= 0.6 is 11.6 Å². The van der Waals surface area contributed by atoms with Gasteiger partial charge in [0.1, 0.15) is 5.15 Å². The smallest absolute Gasteiger partial charge is 0.219 e. The molecule has 122 valence electrons. The van der Waals surface area contributed by atoms with Crippen molar-refractivity contribution in [3.05, 3.63) is 16.9 Å². The summed E-state index contributed by atoms with van der Waals surface area (Å²) in [6.07, 6.45) is 7.86. The first kappa shape index (κ1) is 15.8. The van der Waals surface area contributed by atoms with Crippen molar-refractivity contribution in [1.29, 1.82) is 0 Å². The Labute approximate surface area is 137 Å². The van der Waals surface area contributed by atoms with Crippen molar-refractivity contribution in [2.45, 2.75) is 51.1 Å². The molecular formula is C16H25ClN4O. The van der Waals surface area contributed by atoms with E-state index < -0.39 is 0 Å². The van der Waals surface area contributed by atoms with Gasteiger partial charge in [0.25, 0.3) is 0 Å². The third-order valence-electron chi connectivity index (χ3n) is 5.22. The molecule has 0 radical (unpaired) electrons. The van der Waals surface area contributed by atoms with E-state index in [1.54, 1.807) is 11.6 Å². The number of nitrogens with zero attached hydrogens (tertiary/aromatic N) is 4.